The van der Waals surface area contributed by atoms with Crippen LogP contribution in [0.5, 0.6) is 0 Å². The summed E-state index contributed by atoms with van der Waals surface area (Å²) < 4.78 is 27.9. The second-order valence-electron chi connectivity index (χ2n) is 9.70. The Kier molecular flexibility index (Phi) is 4.59. The Morgan fingerprint density at radius 1 is 1.25 bits per heavy atom. The fourth-order valence-electron chi connectivity index (χ4n) is 5.85. The van der Waals surface area contributed by atoms with Gasteiger partial charge < -0.3 is 10.2 Å². The first-order chi connectivity index (χ1) is 15.1. The molecule has 1 saturated carbocycles. The lowest BCUT2D eigenvalue weighted by Gasteiger charge is -2.46. The number of fused-ring (bicyclic) bond motifs is 3. The third kappa shape index (κ3) is 3.09. The van der Waals surface area contributed by atoms with E-state index in [2.05, 4.69) is 56.3 Å². The third-order valence-corrected chi connectivity index (χ3v) is 7.15. The summed E-state index contributed by atoms with van der Waals surface area (Å²) >= 11 is 0. The Hall–Kier alpha value is -2.95. The molecule has 1 aliphatic carbocycles. The van der Waals surface area contributed by atoms with Crippen LogP contribution in [0.1, 0.15) is 61.4 Å². The zero-order chi connectivity index (χ0) is 22.8. The predicted molar refractivity (Wildman–Crippen MR) is 128 cm³/mol. The van der Waals surface area contributed by atoms with Crippen LogP contribution in [0.3, 0.4) is 0 Å². The number of anilines is 1. The zero-order valence-corrected chi connectivity index (χ0v) is 18.9. The van der Waals surface area contributed by atoms with E-state index in [0.29, 0.717) is 6.42 Å². The predicted octanol–water partition coefficient (Wildman–Crippen LogP) is 7.34. The van der Waals surface area contributed by atoms with Gasteiger partial charge in [0.1, 0.15) is 5.84 Å². The molecule has 2 unspecified atom stereocenters. The van der Waals surface area contributed by atoms with Gasteiger partial charge in [0, 0.05) is 46.8 Å². The standard InChI is InChI=1S/C27H29F2N3/c1-6-20-9-7-8-10-23(20)30-18(4)21-11-16(2)12-22-19(5)32-17(3)13-26(14-27(28,29)15-26)25(32)31-24(21)22/h6-12,17-18,30H,1,5,13-15H2,2-4H3. The largest absolute Gasteiger partial charge is 0.378 e. The molecule has 166 valence electrons. The number of nitrogens with one attached hydrogen (secondary N) is 1. The lowest BCUT2D eigenvalue weighted by molar-refractivity contribution is -0.132. The Morgan fingerprint density at radius 3 is 2.66 bits per heavy atom. The van der Waals surface area contributed by atoms with Crippen molar-refractivity contribution in [2.45, 2.75) is 58.0 Å². The Bertz CT molecular complexity index is 1160. The summed E-state index contributed by atoms with van der Waals surface area (Å²) in [5.74, 6) is -1.82. The smallest absolute Gasteiger partial charge is 0.250 e. The van der Waals surface area contributed by atoms with Crippen molar-refractivity contribution in [2.24, 2.45) is 10.4 Å². The molecule has 2 aliphatic heterocycles. The summed E-state index contributed by atoms with van der Waals surface area (Å²) in [6.45, 7) is 14.6. The summed E-state index contributed by atoms with van der Waals surface area (Å²) in [7, 11) is 0. The van der Waals surface area contributed by atoms with Crippen molar-refractivity contribution in [2.75, 3.05) is 5.32 Å². The van der Waals surface area contributed by atoms with Crippen molar-refractivity contribution in [3.05, 3.63) is 71.8 Å². The lowest BCUT2D eigenvalue weighted by atomic mass is 9.64. The van der Waals surface area contributed by atoms with Gasteiger partial charge in [0.2, 0.25) is 5.92 Å². The molecule has 2 heterocycles. The fraction of sp³-hybridized carbons (Fsp3) is 0.370. The second kappa shape index (κ2) is 7.03. The number of alkyl halides is 2. The average Bonchev–Trinajstić information content (AvgIpc) is 2.99. The molecule has 1 spiro atoms. The van der Waals surface area contributed by atoms with E-state index in [0.717, 1.165) is 45.2 Å². The minimum absolute atomic E-state index is 0.0361. The van der Waals surface area contributed by atoms with Crippen LogP contribution in [0.25, 0.3) is 11.8 Å². The van der Waals surface area contributed by atoms with Crippen molar-refractivity contribution >= 4 is 29.0 Å². The van der Waals surface area contributed by atoms with Gasteiger partial charge in [-0.2, -0.15) is 0 Å². The van der Waals surface area contributed by atoms with Gasteiger partial charge in [-0.05, 0) is 50.5 Å². The Balaban J connectivity index is 1.59. The first-order valence-corrected chi connectivity index (χ1v) is 11.2. The summed E-state index contributed by atoms with van der Waals surface area (Å²) in [4.78, 5) is 7.19. The van der Waals surface area contributed by atoms with Crippen LogP contribution in [0, 0.1) is 12.3 Å². The third-order valence-electron chi connectivity index (χ3n) is 7.15. The Labute approximate surface area is 188 Å². The molecule has 0 amide bonds. The topological polar surface area (TPSA) is 27.6 Å². The van der Waals surface area contributed by atoms with E-state index in [-0.39, 0.29) is 24.9 Å². The molecule has 1 saturated heterocycles. The van der Waals surface area contributed by atoms with Crippen molar-refractivity contribution in [1.82, 2.24) is 4.90 Å². The van der Waals surface area contributed by atoms with Crippen LogP contribution in [-0.2, 0) is 0 Å². The molecule has 3 nitrogen and oxygen atoms in total. The number of halogens is 2. The molecule has 0 bridgehead atoms. The minimum atomic E-state index is -2.60. The van der Waals surface area contributed by atoms with Crippen LogP contribution >= 0.6 is 0 Å². The number of aliphatic imine (C=N–C) groups is 1. The summed E-state index contributed by atoms with van der Waals surface area (Å²) in [6, 6.07) is 12.4. The van der Waals surface area contributed by atoms with Crippen molar-refractivity contribution in [3.63, 3.8) is 0 Å². The fourth-order valence-corrected chi connectivity index (χ4v) is 5.85. The molecule has 3 aliphatic rings. The van der Waals surface area contributed by atoms with Crippen molar-refractivity contribution in [1.29, 1.82) is 0 Å². The molecule has 2 fully saturated rings. The van der Waals surface area contributed by atoms with E-state index < -0.39 is 11.3 Å². The van der Waals surface area contributed by atoms with Crippen molar-refractivity contribution in [3.8, 4) is 0 Å². The van der Waals surface area contributed by atoms with Gasteiger partial charge in [-0.1, -0.05) is 43.5 Å². The SMILES string of the molecule is C=Cc1ccccc1NC(C)c1cc(C)cc2c1N=C1N(C2=C)C(C)CC12CC(F)(F)C2. The maximum atomic E-state index is 14.0. The molecule has 32 heavy (non-hydrogen) atoms. The van der Waals surface area contributed by atoms with E-state index in [4.69, 9.17) is 4.99 Å². The van der Waals surface area contributed by atoms with Gasteiger partial charge in [-0.15, -0.1) is 0 Å². The summed E-state index contributed by atoms with van der Waals surface area (Å²) in [5, 5.41) is 3.60. The first kappa shape index (κ1) is 20.9. The molecule has 5 heteroatoms. The average molecular weight is 434 g/mol. The van der Waals surface area contributed by atoms with Crippen LogP contribution in [0.4, 0.5) is 20.2 Å². The van der Waals surface area contributed by atoms with Crippen LogP contribution in [0.2, 0.25) is 0 Å². The number of rotatable bonds is 4. The molecule has 2 aromatic carbocycles. The van der Waals surface area contributed by atoms with E-state index in [1.807, 2.05) is 30.3 Å². The highest BCUT2D eigenvalue weighted by atomic mass is 19.3. The molecular weight excluding hydrogens is 404 g/mol. The normalized spacial score (nSPS) is 23.2. The number of aryl methyl sites for hydroxylation is 1. The van der Waals surface area contributed by atoms with Crippen LogP contribution in [0.15, 0.2) is 54.5 Å². The molecule has 2 aromatic rings. The Morgan fingerprint density at radius 2 is 1.97 bits per heavy atom. The van der Waals surface area contributed by atoms with Crippen molar-refractivity contribution < 1.29 is 8.78 Å². The van der Waals surface area contributed by atoms with E-state index in [1.165, 1.54) is 0 Å². The van der Waals surface area contributed by atoms with E-state index in [1.54, 1.807) is 0 Å². The van der Waals surface area contributed by atoms with E-state index in [9.17, 15) is 8.78 Å². The highest BCUT2D eigenvalue weighted by Crippen LogP contribution is 2.62. The lowest BCUT2D eigenvalue weighted by Crippen LogP contribution is -2.51. The summed E-state index contributed by atoms with van der Waals surface area (Å²) in [6.07, 6.45) is 2.29. The van der Waals surface area contributed by atoms with Gasteiger partial charge in [-0.3, -0.25) is 0 Å². The highest BCUT2D eigenvalue weighted by molar-refractivity contribution is 6.04. The first-order valence-electron chi connectivity index (χ1n) is 11.2. The quantitative estimate of drug-likeness (QED) is 0.546. The summed E-state index contributed by atoms with van der Waals surface area (Å²) in [5.41, 5.74) is 6.37. The molecular formula is C27H29F2N3. The molecule has 2 atom stereocenters. The maximum Gasteiger partial charge on any atom is 0.250 e. The molecule has 0 aromatic heterocycles. The van der Waals surface area contributed by atoms with Gasteiger partial charge in [0.05, 0.1) is 11.7 Å². The number of benzene rings is 2. The molecule has 1 N–H and O–H groups in total. The van der Waals surface area contributed by atoms with Gasteiger partial charge >= 0.3 is 0 Å². The highest BCUT2D eigenvalue weighted by Gasteiger charge is 2.64. The van der Waals surface area contributed by atoms with E-state index >= 15 is 0 Å². The van der Waals surface area contributed by atoms with Crippen LogP contribution < -0.4 is 5.32 Å². The number of hydrogen-bond acceptors (Lipinski definition) is 3. The number of hydrogen-bond donors (Lipinski definition) is 1. The number of amidine groups is 1. The second-order valence-corrected chi connectivity index (χ2v) is 9.70. The van der Waals surface area contributed by atoms with Gasteiger partial charge in [0.25, 0.3) is 0 Å². The van der Waals surface area contributed by atoms with Gasteiger partial charge in [0.15, 0.2) is 0 Å². The number of nitrogens with zero attached hydrogens (tertiary/aromatic N) is 2. The molecule has 0 radical (unpaired) electrons. The zero-order valence-electron chi connectivity index (χ0n) is 18.9. The van der Waals surface area contributed by atoms with Gasteiger partial charge in [-0.25, -0.2) is 13.8 Å². The molecule has 5 rings (SSSR count). The maximum absolute atomic E-state index is 14.0. The van der Waals surface area contributed by atoms with Crippen LogP contribution in [-0.4, -0.2) is 22.7 Å². The monoisotopic (exact) mass is 433 g/mol. The number of para-hydroxylation sites is 1. The minimum Gasteiger partial charge on any atom is -0.378 e.